The van der Waals surface area contributed by atoms with E-state index in [4.69, 9.17) is 17.3 Å². The van der Waals surface area contributed by atoms with E-state index in [0.29, 0.717) is 11.1 Å². The van der Waals surface area contributed by atoms with E-state index in [-0.39, 0.29) is 6.04 Å². The van der Waals surface area contributed by atoms with Gasteiger partial charge in [0.2, 0.25) is 0 Å². The van der Waals surface area contributed by atoms with Crippen LogP contribution in [-0.2, 0) is 6.54 Å². The lowest BCUT2D eigenvalue weighted by Gasteiger charge is -2.25. The summed E-state index contributed by atoms with van der Waals surface area (Å²) in [7, 11) is 0. The Balaban J connectivity index is 1.63. The highest BCUT2D eigenvalue weighted by Crippen LogP contribution is 2.40. The van der Waals surface area contributed by atoms with Crippen LogP contribution in [0.4, 0.5) is 5.69 Å². The van der Waals surface area contributed by atoms with Gasteiger partial charge in [-0.2, -0.15) is 0 Å². The van der Waals surface area contributed by atoms with Crippen LogP contribution in [-0.4, -0.2) is 11.0 Å². The number of thiophene rings is 2. The summed E-state index contributed by atoms with van der Waals surface area (Å²) in [5, 5.41) is 6.19. The fourth-order valence-electron chi connectivity index (χ4n) is 3.78. The van der Waals surface area contributed by atoms with Crippen molar-refractivity contribution in [1.82, 2.24) is 4.98 Å². The van der Waals surface area contributed by atoms with Crippen molar-refractivity contribution in [3.63, 3.8) is 0 Å². The van der Waals surface area contributed by atoms with Gasteiger partial charge in [0.25, 0.3) is 0 Å². The normalized spacial score (nSPS) is 21.5. The van der Waals surface area contributed by atoms with Crippen LogP contribution in [0, 0.1) is 0 Å². The molecule has 0 bridgehead atoms. The monoisotopic (exact) mass is 405 g/mol. The molecule has 3 nitrogen and oxygen atoms in total. The zero-order chi connectivity index (χ0) is 17.9. The first kappa shape index (κ1) is 18.2. The van der Waals surface area contributed by atoms with Crippen molar-refractivity contribution in [2.24, 2.45) is 5.73 Å². The number of hydrogen-bond acceptors (Lipinski definition) is 5. The first-order valence-electron chi connectivity index (χ1n) is 9.32. The molecule has 3 aromatic heterocycles. The second kappa shape index (κ2) is 8.26. The lowest BCUT2D eigenvalue weighted by Crippen LogP contribution is -2.28. The van der Waals surface area contributed by atoms with E-state index in [9.17, 15) is 0 Å². The average Bonchev–Trinajstić information content (AvgIpc) is 3.25. The number of fused-ring (bicyclic) bond motifs is 1. The molecular weight excluding hydrogens is 382 g/mol. The molecule has 3 N–H and O–H groups in total. The van der Waals surface area contributed by atoms with Crippen molar-refractivity contribution in [2.75, 3.05) is 5.32 Å². The molecule has 1 fully saturated rings. The van der Waals surface area contributed by atoms with Gasteiger partial charge in [0.15, 0.2) is 0 Å². The summed E-state index contributed by atoms with van der Waals surface area (Å²) in [6.07, 6.45) is 7.47. The molecule has 0 spiro atoms. The Hall–Kier alpha value is -1.14. The van der Waals surface area contributed by atoms with Gasteiger partial charge in [-0.25, -0.2) is 4.98 Å². The molecule has 0 radical (unpaired) electrons. The van der Waals surface area contributed by atoms with E-state index >= 15 is 0 Å². The third-order valence-electron chi connectivity index (χ3n) is 5.18. The summed E-state index contributed by atoms with van der Waals surface area (Å²) >= 11 is 9.88. The third kappa shape index (κ3) is 4.06. The molecule has 0 aliphatic heterocycles. The zero-order valence-electron chi connectivity index (χ0n) is 14.7. The van der Waals surface area contributed by atoms with Crippen LogP contribution in [0.25, 0.3) is 10.2 Å². The van der Waals surface area contributed by atoms with Crippen molar-refractivity contribution in [1.29, 1.82) is 0 Å². The van der Waals surface area contributed by atoms with Gasteiger partial charge in [0, 0.05) is 34.3 Å². The summed E-state index contributed by atoms with van der Waals surface area (Å²) in [5.41, 5.74) is 8.60. The average molecular weight is 406 g/mol. The van der Waals surface area contributed by atoms with Crippen LogP contribution in [0.3, 0.4) is 0 Å². The maximum absolute atomic E-state index is 6.54. The molecule has 4 rings (SSSR count). The largest absolute Gasteiger partial charge is 0.379 e. The van der Waals surface area contributed by atoms with Gasteiger partial charge in [-0.1, -0.05) is 43.4 Å². The van der Waals surface area contributed by atoms with Crippen LogP contribution in [0.2, 0.25) is 5.15 Å². The van der Waals surface area contributed by atoms with Gasteiger partial charge in [-0.3, -0.25) is 0 Å². The number of hydrogen-bond donors (Lipinski definition) is 2. The van der Waals surface area contributed by atoms with Crippen molar-refractivity contribution in [3.05, 3.63) is 44.6 Å². The standard InChI is InChI=1S/C20H24ClN3S2/c21-19-11-16(23-12-13-6-5-9-25-13)20-17(24-19)10-18(26-20)14-7-3-1-2-4-8-15(14)22/h5-6,9-11,14-15H,1-4,7-8,12,22H2,(H,23,24)/t14-,15+/m0/s1. The summed E-state index contributed by atoms with van der Waals surface area (Å²) < 4.78 is 1.19. The second-order valence-electron chi connectivity index (χ2n) is 7.05. The first-order chi connectivity index (χ1) is 12.7. The van der Waals surface area contributed by atoms with Crippen LogP contribution < -0.4 is 11.1 Å². The molecule has 3 heterocycles. The maximum Gasteiger partial charge on any atom is 0.131 e. The van der Waals surface area contributed by atoms with Crippen LogP contribution in [0.5, 0.6) is 0 Å². The van der Waals surface area contributed by atoms with Gasteiger partial charge in [-0.05, 0) is 30.4 Å². The smallest absolute Gasteiger partial charge is 0.131 e. The van der Waals surface area contributed by atoms with E-state index in [1.54, 1.807) is 11.3 Å². The predicted octanol–water partition coefficient (Wildman–Crippen LogP) is 6.39. The molecule has 2 atom stereocenters. The van der Waals surface area contributed by atoms with Crippen molar-refractivity contribution in [3.8, 4) is 0 Å². The predicted molar refractivity (Wildman–Crippen MR) is 115 cm³/mol. The van der Waals surface area contributed by atoms with Crippen LogP contribution in [0.15, 0.2) is 29.6 Å². The Bertz CT molecular complexity index is 859. The minimum atomic E-state index is 0.251. The van der Waals surface area contributed by atoms with Crippen molar-refractivity contribution < 1.29 is 0 Å². The summed E-state index contributed by atoms with van der Waals surface area (Å²) in [4.78, 5) is 7.24. The topological polar surface area (TPSA) is 50.9 Å². The van der Waals surface area contributed by atoms with Crippen molar-refractivity contribution in [2.45, 2.75) is 57.0 Å². The van der Waals surface area contributed by atoms with E-state index in [1.165, 1.54) is 46.6 Å². The quantitative estimate of drug-likeness (QED) is 0.494. The molecule has 138 valence electrons. The molecule has 0 aromatic carbocycles. The summed E-state index contributed by atoms with van der Waals surface area (Å²) in [6, 6.07) is 8.63. The first-order valence-corrected chi connectivity index (χ1v) is 11.4. The number of aromatic nitrogens is 1. The highest BCUT2D eigenvalue weighted by Gasteiger charge is 2.24. The Morgan fingerprint density at radius 2 is 2.04 bits per heavy atom. The Labute approximate surface area is 167 Å². The highest BCUT2D eigenvalue weighted by atomic mass is 35.5. The number of rotatable bonds is 4. The lowest BCUT2D eigenvalue weighted by atomic mass is 9.86. The number of anilines is 1. The molecule has 6 heteroatoms. The fraction of sp³-hybridized carbons (Fsp3) is 0.450. The van der Waals surface area contributed by atoms with E-state index in [2.05, 4.69) is 33.9 Å². The van der Waals surface area contributed by atoms with E-state index < -0.39 is 0 Å². The van der Waals surface area contributed by atoms with Crippen molar-refractivity contribution >= 4 is 50.2 Å². The fourth-order valence-corrected chi connectivity index (χ4v) is 5.93. The minimum absolute atomic E-state index is 0.251. The van der Waals surface area contributed by atoms with Crippen LogP contribution >= 0.6 is 34.3 Å². The van der Waals surface area contributed by atoms with Gasteiger partial charge in [0.1, 0.15) is 5.15 Å². The third-order valence-corrected chi connectivity index (χ3v) is 7.54. The number of nitrogens with zero attached hydrogens (tertiary/aromatic N) is 1. The number of halogens is 1. The highest BCUT2D eigenvalue weighted by molar-refractivity contribution is 7.19. The zero-order valence-corrected chi connectivity index (χ0v) is 17.1. The summed E-state index contributed by atoms with van der Waals surface area (Å²) in [6.45, 7) is 0.809. The second-order valence-corrected chi connectivity index (χ2v) is 9.55. The Kier molecular flexibility index (Phi) is 5.79. The SMILES string of the molecule is N[C@@H]1CCCCCC[C@@H]1c1cc2nc(Cl)cc(NCc3cccs3)c2s1. The van der Waals surface area contributed by atoms with Crippen LogP contribution in [0.1, 0.15) is 54.2 Å². The van der Waals surface area contributed by atoms with Gasteiger partial charge in [-0.15, -0.1) is 22.7 Å². The lowest BCUT2D eigenvalue weighted by molar-refractivity contribution is 0.408. The van der Waals surface area contributed by atoms with Gasteiger partial charge in [0.05, 0.1) is 15.9 Å². The molecule has 1 aliphatic rings. The number of pyridine rings is 1. The molecule has 1 aliphatic carbocycles. The molecule has 3 aromatic rings. The molecule has 26 heavy (non-hydrogen) atoms. The number of nitrogens with one attached hydrogen (secondary N) is 1. The minimum Gasteiger partial charge on any atom is -0.379 e. The molecule has 0 saturated heterocycles. The van der Waals surface area contributed by atoms with Gasteiger partial charge >= 0.3 is 0 Å². The summed E-state index contributed by atoms with van der Waals surface area (Å²) in [5.74, 6) is 0.443. The molecule has 1 saturated carbocycles. The van der Waals surface area contributed by atoms with E-state index in [1.807, 2.05) is 17.4 Å². The molecular formula is C20H24ClN3S2. The number of nitrogens with two attached hydrogens (primary N) is 1. The maximum atomic E-state index is 6.54. The van der Waals surface area contributed by atoms with E-state index in [0.717, 1.165) is 24.2 Å². The van der Waals surface area contributed by atoms with Gasteiger partial charge < -0.3 is 11.1 Å². The Morgan fingerprint density at radius 1 is 1.19 bits per heavy atom. The Morgan fingerprint density at radius 3 is 2.85 bits per heavy atom. The molecule has 0 unspecified atom stereocenters. The molecule has 0 amide bonds.